The topological polar surface area (TPSA) is 48.6 Å². The van der Waals surface area contributed by atoms with Crippen LogP contribution >= 0.6 is 0 Å². The van der Waals surface area contributed by atoms with Gasteiger partial charge in [-0.1, -0.05) is 6.08 Å². The fourth-order valence-electron chi connectivity index (χ4n) is 0.617. The van der Waals surface area contributed by atoms with E-state index >= 15 is 0 Å². The predicted molar refractivity (Wildman–Crippen MR) is 36.1 cm³/mol. The Morgan fingerprint density at radius 3 is 2.78 bits per heavy atom. The van der Waals surface area contributed by atoms with Gasteiger partial charge in [0.25, 0.3) is 5.56 Å². The maximum Gasteiger partial charge on any atom is 0.264 e. The molecule has 0 unspecified atom stereocenters. The van der Waals surface area contributed by atoms with Crippen molar-refractivity contribution in [1.29, 1.82) is 0 Å². The SMILES string of the molecule is C/C=C/c1cc(=O)[nH][nH]1. The standard InChI is InChI=1S/C6H8N2O/c1-2-3-5-4-6(9)8-7-5/h2-4H,1H3,(H2,7,8,9)/b3-2+. The molecule has 9 heavy (non-hydrogen) atoms. The second kappa shape index (κ2) is 2.35. The molecule has 1 rings (SSSR count). The van der Waals surface area contributed by atoms with Gasteiger partial charge in [-0.15, -0.1) is 0 Å². The van der Waals surface area contributed by atoms with Crippen molar-refractivity contribution >= 4 is 6.08 Å². The predicted octanol–water partition coefficient (Wildman–Crippen LogP) is 0.736. The fourth-order valence-corrected chi connectivity index (χ4v) is 0.617. The first kappa shape index (κ1) is 5.88. The largest absolute Gasteiger partial charge is 0.298 e. The van der Waals surface area contributed by atoms with Gasteiger partial charge < -0.3 is 0 Å². The summed E-state index contributed by atoms with van der Waals surface area (Å²) in [4.78, 5) is 10.4. The first-order valence-electron chi connectivity index (χ1n) is 2.73. The molecule has 3 heteroatoms. The molecule has 0 aliphatic heterocycles. The number of nitrogens with one attached hydrogen (secondary N) is 2. The Labute approximate surface area is 52.4 Å². The summed E-state index contributed by atoms with van der Waals surface area (Å²) in [6, 6.07) is 1.50. The van der Waals surface area contributed by atoms with E-state index in [1.54, 1.807) is 0 Å². The van der Waals surface area contributed by atoms with Crippen molar-refractivity contribution in [2.75, 3.05) is 0 Å². The molecule has 0 saturated carbocycles. The minimum Gasteiger partial charge on any atom is -0.298 e. The third-order valence-corrected chi connectivity index (χ3v) is 0.963. The maximum absolute atomic E-state index is 10.4. The molecule has 3 nitrogen and oxygen atoms in total. The molecule has 1 aromatic rings. The number of aromatic nitrogens is 2. The van der Waals surface area contributed by atoms with Crippen molar-refractivity contribution in [2.24, 2.45) is 0 Å². The molecule has 0 spiro atoms. The van der Waals surface area contributed by atoms with Crippen LogP contribution in [0, 0.1) is 0 Å². The monoisotopic (exact) mass is 124 g/mol. The van der Waals surface area contributed by atoms with Gasteiger partial charge in [-0.25, -0.2) is 0 Å². The molecule has 0 amide bonds. The Hall–Kier alpha value is -1.25. The van der Waals surface area contributed by atoms with Crippen molar-refractivity contribution in [3.05, 3.63) is 28.2 Å². The molecule has 48 valence electrons. The summed E-state index contributed by atoms with van der Waals surface area (Å²) in [6.45, 7) is 1.89. The van der Waals surface area contributed by atoms with Gasteiger partial charge in [0.2, 0.25) is 0 Å². The summed E-state index contributed by atoms with van der Waals surface area (Å²) in [5, 5.41) is 5.10. The number of aromatic amines is 2. The van der Waals surface area contributed by atoms with Crippen molar-refractivity contribution in [3.63, 3.8) is 0 Å². The zero-order chi connectivity index (χ0) is 6.69. The van der Waals surface area contributed by atoms with E-state index in [1.807, 2.05) is 19.1 Å². The molecule has 0 radical (unpaired) electrons. The highest BCUT2D eigenvalue weighted by molar-refractivity contribution is 5.42. The van der Waals surface area contributed by atoms with Crippen molar-refractivity contribution in [1.82, 2.24) is 10.2 Å². The number of hydrogen-bond acceptors (Lipinski definition) is 1. The number of allylic oxidation sites excluding steroid dienone is 1. The van der Waals surface area contributed by atoms with Crippen molar-refractivity contribution < 1.29 is 0 Å². The minimum atomic E-state index is -0.0944. The minimum absolute atomic E-state index is 0.0944. The Kier molecular flexibility index (Phi) is 1.53. The second-order valence-corrected chi connectivity index (χ2v) is 1.71. The number of H-pyrrole nitrogens is 2. The van der Waals surface area contributed by atoms with Crippen LogP contribution in [-0.4, -0.2) is 10.2 Å². The quantitative estimate of drug-likeness (QED) is 0.569. The molecular formula is C6H8N2O. The van der Waals surface area contributed by atoms with Gasteiger partial charge in [0.1, 0.15) is 0 Å². The summed E-state index contributed by atoms with van der Waals surface area (Å²) in [7, 11) is 0. The Morgan fingerprint density at radius 1 is 1.56 bits per heavy atom. The van der Waals surface area contributed by atoms with Crippen LogP contribution in [0.1, 0.15) is 12.6 Å². The van der Waals surface area contributed by atoms with Crippen molar-refractivity contribution in [2.45, 2.75) is 6.92 Å². The highest BCUT2D eigenvalue weighted by Gasteiger charge is 1.86. The van der Waals surface area contributed by atoms with Gasteiger partial charge in [-0.05, 0) is 13.0 Å². The first-order valence-corrected chi connectivity index (χ1v) is 2.73. The fraction of sp³-hybridized carbons (Fsp3) is 0.167. The molecule has 0 fully saturated rings. The van der Waals surface area contributed by atoms with E-state index in [0.717, 1.165) is 5.69 Å². The lowest BCUT2D eigenvalue weighted by molar-refractivity contribution is 1.05. The van der Waals surface area contributed by atoms with E-state index in [1.165, 1.54) is 6.07 Å². The van der Waals surface area contributed by atoms with Crippen LogP contribution < -0.4 is 5.56 Å². The van der Waals surface area contributed by atoms with Crippen LogP contribution in [0.2, 0.25) is 0 Å². The van der Waals surface area contributed by atoms with Gasteiger partial charge >= 0.3 is 0 Å². The van der Waals surface area contributed by atoms with Crippen LogP contribution in [0.3, 0.4) is 0 Å². The van der Waals surface area contributed by atoms with Crippen molar-refractivity contribution in [3.8, 4) is 0 Å². The van der Waals surface area contributed by atoms with E-state index in [4.69, 9.17) is 0 Å². The van der Waals surface area contributed by atoms with Gasteiger partial charge in [0, 0.05) is 6.07 Å². The van der Waals surface area contributed by atoms with Gasteiger partial charge in [-0.2, -0.15) is 0 Å². The average molecular weight is 124 g/mol. The van der Waals surface area contributed by atoms with E-state index in [9.17, 15) is 4.79 Å². The zero-order valence-electron chi connectivity index (χ0n) is 5.14. The zero-order valence-corrected chi connectivity index (χ0v) is 5.14. The Bertz CT molecular complexity index is 256. The van der Waals surface area contributed by atoms with E-state index < -0.39 is 0 Å². The van der Waals surface area contributed by atoms with E-state index in [2.05, 4.69) is 10.2 Å². The lowest BCUT2D eigenvalue weighted by atomic mass is 10.4. The smallest absolute Gasteiger partial charge is 0.264 e. The number of hydrogen-bond donors (Lipinski definition) is 2. The normalized spacial score (nSPS) is 10.8. The van der Waals surface area contributed by atoms with Gasteiger partial charge in [-0.3, -0.25) is 15.0 Å². The summed E-state index contributed by atoms with van der Waals surface area (Å²) in [5.41, 5.74) is 0.714. The van der Waals surface area contributed by atoms with Gasteiger partial charge in [0.05, 0.1) is 5.69 Å². The van der Waals surface area contributed by atoms with Gasteiger partial charge in [0.15, 0.2) is 0 Å². The molecular weight excluding hydrogens is 116 g/mol. The third kappa shape index (κ3) is 1.32. The highest BCUT2D eigenvalue weighted by atomic mass is 16.1. The summed E-state index contributed by atoms with van der Waals surface area (Å²) in [5.74, 6) is 0. The van der Waals surface area contributed by atoms with Crippen LogP contribution in [0.15, 0.2) is 16.9 Å². The highest BCUT2D eigenvalue weighted by Crippen LogP contribution is 1.88. The summed E-state index contributed by atoms with van der Waals surface area (Å²) in [6.07, 6.45) is 3.68. The molecule has 0 saturated heterocycles. The van der Waals surface area contributed by atoms with Crippen LogP contribution in [-0.2, 0) is 0 Å². The summed E-state index contributed by atoms with van der Waals surface area (Å²) < 4.78 is 0. The lowest BCUT2D eigenvalue weighted by Crippen LogP contribution is -1.93. The molecule has 0 atom stereocenters. The number of rotatable bonds is 1. The maximum atomic E-state index is 10.4. The molecule has 2 N–H and O–H groups in total. The molecule has 0 bridgehead atoms. The molecule has 0 aliphatic rings. The third-order valence-electron chi connectivity index (χ3n) is 0.963. The Balaban J connectivity index is 2.98. The average Bonchev–Trinajstić information content (AvgIpc) is 2.17. The van der Waals surface area contributed by atoms with E-state index in [0.29, 0.717) is 0 Å². The summed E-state index contributed by atoms with van der Waals surface area (Å²) >= 11 is 0. The molecule has 1 heterocycles. The second-order valence-electron chi connectivity index (χ2n) is 1.71. The molecule has 0 aromatic carbocycles. The van der Waals surface area contributed by atoms with E-state index in [-0.39, 0.29) is 5.56 Å². The first-order chi connectivity index (χ1) is 4.33. The lowest BCUT2D eigenvalue weighted by Gasteiger charge is -1.76. The van der Waals surface area contributed by atoms with Crippen LogP contribution in [0.25, 0.3) is 6.08 Å². The van der Waals surface area contributed by atoms with Crippen LogP contribution in [0.4, 0.5) is 0 Å². The van der Waals surface area contributed by atoms with Crippen LogP contribution in [0.5, 0.6) is 0 Å². The molecule has 0 aliphatic carbocycles. The Morgan fingerprint density at radius 2 is 2.33 bits per heavy atom. The molecule has 1 aromatic heterocycles.